The minimum absolute atomic E-state index is 0.252. The lowest BCUT2D eigenvalue weighted by atomic mass is 10.1. The van der Waals surface area contributed by atoms with Crippen molar-refractivity contribution in [3.05, 3.63) is 54.6 Å². The van der Waals surface area contributed by atoms with Crippen LogP contribution in [-0.4, -0.2) is 56.1 Å². The summed E-state index contributed by atoms with van der Waals surface area (Å²) in [6, 6.07) is 16.4. The Hall–Kier alpha value is -3.01. The molecule has 0 saturated carbocycles. The first-order valence-corrected chi connectivity index (χ1v) is 11.0. The van der Waals surface area contributed by atoms with Gasteiger partial charge in [0.15, 0.2) is 0 Å². The molecule has 0 unspecified atom stereocenters. The van der Waals surface area contributed by atoms with Gasteiger partial charge in [0.05, 0.1) is 36.6 Å². The fourth-order valence-corrected chi connectivity index (χ4v) is 5.10. The van der Waals surface area contributed by atoms with E-state index in [2.05, 4.69) is 9.97 Å². The van der Waals surface area contributed by atoms with Crippen LogP contribution in [0.25, 0.3) is 11.3 Å². The Morgan fingerprint density at radius 1 is 1.00 bits per heavy atom. The summed E-state index contributed by atoms with van der Waals surface area (Å²) in [5, 5.41) is 0. The third-order valence-electron chi connectivity index (χ3n) is 5.20. The van der Waals surface area contributed by atoms with E-state index in [1.807, 2.05) is 41.3 Å². The number of morpholine rings is 1. The van der Waals surface area contributed by atoms with Crippen LogP contribution in [-0.2, 0) is 14.8 Å². The largest absolute Gasteiger partial charge is 0.496 e. The summed E-state index contributed by atoms with van der Waals surface area (Å²) in [6.07, 6.45) is 0. The molecule has 0 spiro atoms. The fourth-order valence-electron chi connectivity index (χ4n) is 3.66. The van der Waals surface area contributed by atoms with Crippen molar-refractivity contribution in [2.45, 2.75) is 4.90 Å². The van der Waals surface area contributed by atoms with Gasteiger partial charge in [-0.15, -0.1) is 0 Å². The van der Waals surface area contributed by atoms with Gasteiger partial charge in [0, 0.05) is 24.7 Å². The van der Waals surface area contributed by atoms with Crippen molar-refractivity contribution in [3.63, 3.8) is 0 Å². The average molecular weight is 424 g/mol. The minimum atomic E-state index is -3.57. The molecule has 2 bridgehead atoms. The summed E-state index contributed by atoms with van der Waals surface area (Å²) in [6.45, 7) is 1.55. The Morgan fingerprint density at radius 3 is 2.53 bits per heavy atom. The first kappa shape index (κ1) is 19.0. The molecule has 0 N–H and O–H groups in total. The quantitative estimate of drug-likeness (QED) is 0.487. The second-order valence-corrected chi connectivity index (χ2v) is 8.90. The SMILES string of the molecule is COc1ccccc1-c1cc2nc(n1)N2c1cccc(S(=O)(=O)N2CCOCC2)c1. The number of fused-ring (bicyclic) bond motifs is 2. The highest BCUT2D eigenvalue weighted by atomic mass is 32.2. The van der Waals surface area contributed by atoms with Crippen molar-refractivity contribution in [2.24, 2.45) is 0 Å². The van der Waals surface area contributed by atoms with Crippen LogP contribution in [0.5, 0.6) is 5.75 Å². The molecule has 3 aliphatic rings. The topological polar surface area (TPSA) is 84.9 Å². The molecular weight excluding hydrogens is 404 g/mol. The fraction of sp³-hybridized carbons (Fsp3) is 0.238. The lowest BCUT2D eigenvalue weighted by Gasteiger charge is -2.31. The van der Waals surface area contributed by atoms with Crippen molar-refractivity contribution in [1.82, 2.24) is 14.3 Å². The molecule has 3 aliphatic heterocycles. The Bertz CT molecular complexity index is 1190. The second kappa shape index (κ2) is 7.35. The van der Waals surface area contributed by atoms with Crippen molar-refractivity contribution >= 4 is 27.5 Å². The molecule has 1 aromatic heterocycles. The molecule has 2 aromatic carbocycles. The standard InChI is InChI=1S/C21H20N4O4S/c1-28-19-8-3-2-7-17(19)18-14-20-23-21(22-18)25(20)15-5-4-6-16(13-15)30(26,27)24-9-11-29-12-10-24/h2-8,13-14H,9-12H2,1H3. The van der Waals surface area contributed by atoms with Crippen LogP contribution in [0.15, 0.2) is 59.5 Å². The summed E-state index contributed by atoms with van der Waals surface area (Å²) in [7, 11) is -1.95. The summed E-state index contributed by atoms with van der Waals surface area (Å²) in [5.74, 6) is 1.97. The van der Waals surface area contributed by atoms with Crippen LogP contribution < -0.4 is 9.64 Å². The number of ether oxygens (including phenoxy) is 2. The smallest absolute Gasteiger partial charge is 0.243 e. The highest BCUT2D eigenvalue weighted by Crippen LogP contribution is 2.43. The summed E-state index contributed by atoms with van der Waals surface area (Å²) in [5.41, 5.74) is 2.36. The molecule has 30 heavy (non-hydrogen) atoms. The van der Waals surface area contributed by atoms with Gasteiger partial charge in [-0.25, -0.2) is 13.4 Å². The van der Waals surface area contributed by atoms with Crippen LogP contribution in [0.2, 0.25) is 0 Å². The monoisotopic (exact) mass is 424 g/mol. The van der Waals surface area contributed by atoms with Gasteiger partial charge in [-0.1, -0.05) is 18.2 Å². The van der Waals surface area contributed by atoms with Gasteiger partial charge in [0.25, 0.3) is 0 Å². The van der Waals surface area contributed by atoms with E-state index in [9.17, 15) is 8.42 Å². The lowest BCUT2D eigenvalue weighted by Crippen LogP contribution is -2.40. The predicted molar refractivity (Wildman–Crippen MR) is 112 cm³/mol. The molecule has 9 heteroatoms. The number of anilines is 3. The molecule has 0 aliphatic carbocycles. The Kier molecular flexibility index (Phi) is 4.65. The van der Waals surface area contributed by atoms with E-state index in [1.165, 1.54) is 4.31 Å². The minimum Gasteiger partial charge on any atom is -0.496 e. The Morgan fingerprint density at radius 2 is 1.80 bits per heavy atom. The molecule has 4 heterocycles. The van der Waals surface area contributed by atoms with E-state index < -0.39 is 10.0 Å². The maximum atomic E-state index is 13.0. The maximum absolute atomic E-state index is 13.0. The number of para-hydroxylation sites is 1. The normalized spacial score (nSPS) is 16.2. The zero-order valence-electron chi connectivity index (χ0n) is 16.4. The Balaban J connectivity index is 1.45. The Labute approximate surface area is 174 Å². The zero-order valence-corrected chi connectivity index (χ0v) is 17.2. The lowest BCUT2D eigenvalue weighted by molar-refractivity contribution is 0.0730. The first-order chi connectivity index (χ1) is 14.6. The van der Waals surface area contributed by atoms with Crippen LogP contribution in [0.1, 0.15) is 0 Å². The van der Waals surface area contributed by atoms with E-state index in [-0.39, 0.29) is 4.90 Å². The molecule has 1 saturated heterocycles. The maximum Gasteiger partial charge on any atom is 0.243 e. The van der Waals surface area contributed by atoms with Gasteiger partial charge in [-0.2, -0.15) is 9.29 Å². The molecule has 154 valence electrons. The number of rotatable bonds is 5. The molecule has 1 fully saturated rings. The van der Waals surface area contributed by atoms with Gasteiger partial charge in [-0.05, 0) is 30.3 Å². The second-order valence-electron chi connectivity index (χ2n) is 6.96. The number of hydrogen-bond acceptors (Lipinski definition) is 7. The van der Waals surface area contributed by atoms with Crippen molar-refractivity contribution in [1.29, 1.82) is 0 Å². The van der Waals surface area contributed by atoms with E-state index >= 15 is 0 Å². The predicted octanol–water partition coefficient (Wildman–Crippen LogP) is 2.96. The molecule has 0 atom stereocenters. The number of aromatic nitrogens is 2. The molecular formula is C21H20N4O4S. The van der Waals surface area contributed by atoms with Crippen LogP contribution in [0.4, 0.5) is 17.5 Å². The van der Waals surface area contributed by atoms with Gasteiger partial charge >= 0.3 is 0 Å². The number of sulfonamides is 1. The number of methoxy groups -OCH3 is 1. The summed E-state index contributed by atoms with van der Waals surface area (Å²) < 4.78 is 38.1. The summed E-state index contributed by atoms with van der Waals surface area (Å²) >= 11 is 0. The van der Waals surface area contributed by atoms with Crippen LogP contribution in [0, 0.1) is 0 Å². The van der Waals surface area contributed by atoms with E-state index in [0.29, 0.717) is 43.8 Å². The number of benzene rings is 2. The van der Waals surface area contributed by atoms with E-state index in [1.54, 1.807) is 25.3 Å². The van der Waals surface area contributed by atoms with E-state index in [4.69, 9.17) is 9.47 Å². The van der Waals surface area contributed by atoms with Crippen molar-refractivity contribution < 1.29 is 17.9 Å². The van der Waals surface area contributed by atoms with Crippen LogP contribution in [0.3, 0.4) is 0 Å². The van der Waals surface area contributed by atoms with Gasteiger partial charge in [-0.3, -0.25) is 4.90 Å². The van der Waals surface area contributed by atoms with Crippen molar-refractivity contribution in [3.8, 4) is 17.0 Å². The first-order valence-electron chi connectivity index (χ1n) is 9.58. The average Bonchev–Trinajstić information content (AvgIpc) is 2.80. The molecule has 0 amide bonds. The number of nitrogens with zero attached hydrogens (tertiary/aromatic N) is 4. The van der Waals surface area contributed by atoms with Crippen LogP contribution >= 0.6 is 0 Å². The van der Waals surface area contributed by atoms with Gasteiger partial charge in [0.1, 0.15) is 11.6 Å². The highest BCUT2D eigenvalue weighted by molar-refractivity contribution is 7.89. The van der Waals surface area contributed by atoms with Crippen molar-refractivity contribution in [2.75, 3.05) is 38.3 Å². The molecule has 8 nitrogen and oxygen atoms in total. The highest BCUT2D eigenvalue weighted by Gasteiger charge is 2.31. The third-order valence-corrected chi connectivity index (χ3v) is 7.09. The third kappa shape index (κ3) is 3.11. The zero-order chi connectivity index (χ0) is 20.7. The number of hydrogen-bond donors (Lipinski definition) is 0. The molecule has 0 radical (unpaired) electrons. The van der Waals surface area contributed by atoms with E-state index in [0.717, 1.165) is 17.0 Å². The van der Waals surface area contributed by atoms with Gasteiger partial charge in [0.2, 0.25) is 16.0 Å². The molecule has 6 rings (SSSR count). The molecule has 3 aromatic rings. The van der Waals surface area contributed by atoms with Gasteiger partial charge < -0.3 is 9.47 Å². The summed E-state index contributed by atoms with van der Waals surface area (Å²) in [4.78, 5) is 11.1.